The van der Waals surface area contributed by atoms with E-state index in [1.807, 2.05) is 30.1 Å². The molecule has 0 aliphatic carbocycles. The van der Waals surface area contributed by atoms with Gasteiger partial charge in [0, 0.05) is 18.3 Å². The largest absolute Gasteiger partial charge is 0.467 e. The van der Waals surface area contributed by atoms with Crippen LogP contribution in [0.3, 0.4) is 0 Å². The van der Waals surface area contributed by atoms with Crippen molar-refractivity contribution in [3.63, 3.8) is 0 Å². The lowest BCUT2D eigenvalue weighted by Crippen LogP contribution is -2.15. The number of hydrogen-bond acceptors (Lipinski definition) is 3. The highest BCUT2D eigenvalue weighted by Crippen LogP contribution is 2.12. The van der Waals surface area contributed by atoms with E-state index in [0.29, 0.717) is 6.54 Å². The van der Waals surface area contributed by atoms with Gasteiger partial charge in [0.25, 0.3) is 0 Å². The number of aromatic nitrogens is 2. The van der Waals surface area contributed by atoms with E-state index in [-0.39, 0.29) is 0 Å². The van der Waals surface area contributed by atoms with Crippen molar-refractivity contribution in [3.05, 3.63) is 41.6 Å². The molecular weight excluding hydrogens is 214 g/mol. The Morgan fingerprint density at radius 1 is 1.47 bits per heavy atom. The minimum Gasteiger partial charge on any atom is -0.467 e. The molecule has 0 saturated heterocycles. The van der Waals surface area contributed by atoms with Crippen molar-refractivity contribution in [2.24, 2.45) is 0 Å². The van der Waals surface area contributed by atoms with Crippen molar-refractivity contribution >= 4 is 0 Å². The standard InChI is InChI=1S/C13H19N3O/c1-3-5-14-8-12-4-6-17-13(12)10-16-9-11(2)7-15-16/h4,6-7,9,14H,3,5,8,10H2,1-2H3. The highest BCUT2D eigenvalue weighted by Gasteiger charge is 2.07. The molecule has 2 rings (SSSR count). The van der Waals surface area contributed by atoms with E-state index in [2.05, 4.69) is 17.3 Å². The SMILES string of the molecule is CCCNCc1ccoc1Cn1cc(C)cn1. The van der Waals surface area contributed by atoms with Gasteiger partial charge in [0.05, 0.1) is 19.0 Å². The Hall–Kier alpha value is -1.55. The van der Waals surface area contributed by atoms with E-state index < -0.39 is 0 Å². The summed E-state index contributed by atoms with van der Waals surface area (Å²) in [4.78, 5) is 0. The molecule has 0 bridgehead atoms. The molecule has 0 atom stereocenters. The van der Waals surface area contributed by atoms with Crippen LogP contribution in [0.2, 0.25) is 0 Å². The molecule has 0 unspecified atom stereocenters. The Morgan fingerprint density at radius 3 is 3.06 bits per heavy atom. The summed E-state index contributed by atoms with van der Waals surface area (Å²) in [5.41, 5.74) is 2.38. The Labute approximate surface area is 102 Å². The second-order valence-electron chi connectivity index (χ2n) is 4.26. The number of rotatable bonds is 6. The van der Waals surface area contributed by atoms with Gasteiger partial charge in [-0.25, -0.2) is 0 Å². The Kier molecular flexibility index (Phi) is 3.98. The monoisotopic (exact) mass is 233 g/mol. The predicted octanol–water partition coefficient (Wildman–Crippen LogP) is 2.33. The van der Waals surface area contributed by atoms with Crippen LogP contribution < -0.4 is 5.32 Å². The molecule has 0 aromatic carbocycles. The van der Waals surface area contributed by atoms with Gasteiger partial charge in [0.1, 0.15) is 5.76 Å². The third-order valence-electron chi connectivity index (χ3n) is 2.65. The van der Waals surface area contributed by atoms with Crippen LogP contribution in [-0.2, 0) is 13.1 Å². The average Bonchev–Trinajstić information content (AvgIpc) is 2.90. The van der Waals surface area contributed by atoms with Gasteiger partial charge in [0.15, 0.2) is 0 Å². The molecule has 2 aromatic rings. The van der Waals surface area contributed by atoms with E-state index in [1.54, 1.807) is 6.26 Å². The first kappa shape index (κ1) is 11.9. The quantitative estimate of drug-likeness (QED) is 0.779. The third-order valence-corrected chi connectivity index (χ3v) is 2.65. The first-order valence-electron chi connectivity index (χ1n) is 6.04. The third kappa shape index (κ3) is 3.20. The van der Waals surface area contributed by atoms with Gasteiger partial charge in [-0.3, -0.25) is 4.68 Å². The fourth-order valence-electron chi connectivity index (χ4n) is 1.76. The Balaban J connectivity index is 1.98. The van der Waals surface area contributed by atoms with E-state index >= 15 is 0 Å². The van der Waals surface area contributed by atoms with E-state index in [4.69, 9.17) is 4.42 Å². The number of nitrogens with zero attached hydrogens (tertiary/aromatic N) is 2. The molecule has 17 heavy (non-hydrogen) atoms. The molecular formula is C13H19N3O. The number of aryl methyl sites for hydroxylation is 1. The van der Waals surface area contributed by atoms with Crippen LogP contribution in [0.25, 0.3) is 0 Å². The first-order chi connectivity index (χ1) is 8.29. The second-order valence-corrected chi connectivity index (χ2v) is 4.26. The van der Waals surface area contributed by atoms with Gasteiger partial charge in [0.2, 0.25) is 0 Å². The van der Waals surface area contributed by atoms with Gasteiger partial charge in [-0.05, 0) is 31.5 Å². The molecule has 4 heteroatoms. The second kappa shape index (κ2) is 5.68. The molecule has 0 amide bonds. The molecule has 92 valence electrons. The van der Waals surface area contributed by atoms with Crippen molar-refractivity contribution in [2.45, 2.75) is 33.4 Å². The molecule has 0 radical (unpaired) electrons. The minimum atomic E-state index is 0.698. The van der Waals surface area contributed by atoms with Gasteiger partial charge < -0.3 is 9.73 Å². The topological polar surface area (TPSA) is 43.0 Å². The van der Waals surface area contributed by atoms with Crippen LogP contribution >= 0.6 is 0 Å². The zero-order valence-electron chi connectivity index (χ0n) is 10.4. The fraction of sp³-hybridized carbons (Fsp3) is 0.462. The van der Waals surface area contributed by atoms with Crippen LogP contribution in [-0.4, -0.2) is 16.3 Å². The smallest absolute Gasteiger partial charge is 0.129 e. The first-order valence-corrected chi connectivity index (χ1v) is 6.04. The van der Waals surface area contributed by atoms with E-state index in [0.717, 1.165) is 25.3 Å². The summed E-state index contributed by atoms with van der Waals surface area (Å²) >= 11 is 0. The zero-order valence-corrected chi connectivity index (χ0v) is 10.4. The van der Waals surface area contributed by atoms with Crippen molar-refractivity contribution in [1.29, 1.82) is 0 Å². The normalized spacial score (nSPS) is 10.9. The van der Waals surface area contributed by atoms with E-state index in [1.165, 1.54) is 11.1 Å². The maximum atomic E-state index is 5.51. The Morgan fingerprint density at radius 2 is 2.35 bits per heavy atom. The summed E-state index contributed by atoms with van der Waals surface area (Å²) < 4.78 is 7.41. The average molecular weight is 233 g/mol. The maximum Gasteiger partial charge on any atom is 0.129 e. The summed E-state index contributed by atoms with van der Waals surface area (Å²) in [6.07, 6.45) is 6.77. The van der Waals surface area contributed by atoms with Crippen molar-refractivity contribution in [3.8, 4) is 0 Å². The van der Waals surface area contributed by atoms with Gasteiger partial charge >= 0.3 is 0 Å². The van der Waals surface area contributed by atoms with Gasteiger partial charge in [-0.1, -0.05) is 6.92 Å². The van der Waals surface area contributed by atoms with E-state index in [9.17, 15) is 0 Å². The maximum absolute atomic E-state index is 5.51. The number of furan rings is 1. The van der Waals surface area contributed by atoms with Crippen molar-refractivity contribution in [1.82, 2.24) is 15.1 Å². The van der Waals surface area contributed by atoms with Crippen molar-refractivity contribution < 1.29 is 4.42 Å². The zero-order chi connectivity index (χ0) is 12.1. The molecule has 0 saturated carbocycles. The summed E-state index contributed by atoms with van der Waals surface area (Å²) in [5.74, 6) is 0.983. The minimum absolute atomic E-state index is 0.698. The molecule has 0 fully saturated rings. The molecule has 0 spiro atoms. The molecule has 2 heterocycles. The summed E-state index contributed by atoms with van der Waals surface area (Å²) in [6, 6.07) is 2.02. The molecule has 1 N–H and O–H groups in total. The highest BCUT2D eigenvalue weighted by molar-refractivity contribution is 5.17. The highest BCUT2D eigenvalue weighted by atomic mass is 16.3. The lowest BCUT2D eigenvalue weighted by Gasteiger charge is -2.04. The summed E-state index contributed by atoms with van der Waals surface area (Å²) in [5, 5.41) is 7.64. The fourth-order valence-corrected chi connectivity index (χ4v) is 1.76. The van der Waals surface area contributed by atoms with Gasteiger partial charge in [-0.15, -0.1) is 0 Å². The predicted molar refractivity (Wildman–Crippen MR) is 66.8 cm³/mol. The molecule has 4 nitrogen and oxygen atoms in total. The molecule has 2 aromatic heterocycles. The summed E-state index contributed by atoms with van der Waals surface area (Å²) in [6.45, 7) is 6.79. The van der Waals surface area contributed by atoms with Crippen LogP contribution in [0.15, 0.2) is 29.1 Å². The summed E-state index contributed by atoms with van der Waals surface area (Å²) in [7, 11) is 0. The van der Waals surface area contributed by atoms with Crippen LogP contribution in [0.4, 0.5) is 0 Å². The number of nitrogens with one attached hydrogen (secondary N) is 1. The number of hydrogen-bond donors (Lipinski definition) is 1. The Bertz CT molecular complexity index is 459. The van der Waals surface area contributed by atoms with Crippen molar-refractivity contribution in [2.75, 3.05) is 6.54 Å². The lowest BCUT2D eigenvalue weighted by atomic mass is 10.2. The van der Waals surface area contributed by atoms with Crippen LogP contribution in [0.1, 0.15) is 30.2 Å². The molecule has 0 aliphatic heterocycles. The van der Waals surface area contributed by atoms with Crippen LogP contribution in [0, 0.1) is 6.92 Å². The van der Waals surface area contributed by atoms with Gasteiger partial charge in [-0.2, -0.15) is 5.10 Å². The lowest BCUT2D eigenvalue weighted by molar-refractivity contribution is 0.472. The van der Waals surface area contributed by atoms with Crippen LogP contribution in [0.5, 0.6) is 0 Å². The molecule has 0 aliphatic rings.